The van der Waals surface area contributed by atoms with E-state index in [1.54, 1.807) is 6.08 Å². The van der Waals surface area contributed by atoms with E-state index in [0.717, 1.165) is 54.2 Å². The van der Waals surface area contributed by atoms with E-state index in [1.807, 2.05) is 55.5 Å². The number of hydrogen-bond donors (Lipinski definition) is 0. The second-order valence-corrected chi connectivity index (χ2v) is 8.10. The van der Waals surface area contributed by atoms with Crippen LogP contribution in [-0.2, 0) is 0 Å². The van der Waals surface area contributed by atoms with Gasteiger partial charge < -0.3 is 14.4 Å². The second kappa shape index (κ2) is 11.8. The van der Waals surface area contributed by atoms with Gasteiger partial charge in [0, 0.05) is 12.2 Å². The number of ether oxygens (including phenoxy) is 2. The maximum atomic E-state index is 8.97. The molecule has 5 heteroatoms. The fourth-order valence-corrected chi connectivity index (χ4v) is 4.00. The summed E-state index contributed by atoms with van der Waals surface area (Å²) in [6.07, 6.45) is 8.13. The number of aryl methyl sites for hydroxylation is 1. The average molecular weight is 430 g/mol. The summed E-state index contributed by atoms with van der Waals surface area (Å²) in [4.78, 5) is 2.25. The Kier molecular flexibility index (Phi) is 8.58. The van der Waals surface area contributed by atoms with Crippen LogP contribution >= 0.6 is 0 Å². The zero-order chi connectivity index (χ0) is 22.8. The zero-order valence-corrected chi connectivity index (χ0v) is 19.0. The highest BCUT2D eigenvalue weighted by Gasteiger charge is 2.14. The molecule has 1 aliphatic rings. The molecule has 0 saturated heterocycles. The predicted molar refractivity (Wildman–Crippen MR) is 128 cm³/mol. The molecule has 1 saturated carbocycles. The molecule has 3 rings (SSSR count). The van der Waals surface area contributed by atoms with Gasteiger partial charge in [0.2, 0.25) is 0 Å². The molecule has 0 aliphatic heterocycles. The summed E-state index contributed by atoms with van der Waals surface area (Å²) < 4.78 is 12.0. The minimum absolute atomic E-state index is 0.108. The summed E-state index contributed by atoms with van der Waals surface area (Å²) in [7, 11) is 0. The number of likely N-dealkylation sites (N-methyl/N-ethyl adjacent to an activating group) is 1. The Labute approximate surface area is 191 Å². The van der Waals surface area contributed by atoms with Crippen molar-refractivity contribution in [3.63, 3.8) is 0 Å². The Hall–Kier alpha value is -3.44. The molecule has 1 aliphatic carbocycles. The van der Waals surface area contributed by atoms with Crippen LogP contribution in [0.25, 0.3) is 6.08 Å². The van der Waals surface area contributed by atoms with Crippen molar-refractivity contribution in [3.8, 4) is 23.6 Å². The van der Waals surface area contributed by atoms with Crippen LogP contribution in [0.1, 0.15) is 50.2 Å². The van der Waals surface area contributed by atoms with Crippen molar-refractivity contribution in [2.75, 3.05) is 24.6 Å². The second-order valence-electron chi connectivity index (χ2n) is 8.10. The minimum Gasteiger partial charge on any atom is -0.492 e. The van der Waals surface area contributed by atoms with E-state index in [4.69, 9.17) is 20.0 Å². The van der Waals surface area contributed by atoms with Gasteiger partial charge in [-0.25, -0.2) is 0 Å². The van der Waals surface area contributed by atoms with Gasteiger partial charge in [-0.3, -0.25) is 0 Å². The lowest BCUT2D eigenvalue weighted by Gasteiger charge is -2.24. The van der Waals surface area contributed by atoms with Crippen molar-refractivity contribution in [1.82, 2.24) is 0 Å². The van der Waals surface area contributed by atoms with Gasteiger partial charge in [-0.05, 0) is 93.1 Å². The molecule has 2 aromatic carbocycles. The van der Waals surface area contributed by atoms with Crippen molar-refractivity contribution in [3.05, 3.63) is 59.2 Å². The van der Waals surface area contributed by atoms with Gasteiger partial charge in [0.15, 0.2) is 0 Å². The largest absolute Gasteiger partial charge is 0.492 e. The Balaban J connectivity index is 1.53. The smallest absolute Gasteiger partial charge is 0.130 e. The first kappa shape index (κ1) is 23.2. The van der Waals surface area contributed by atoms with Crippen LogP contribution in [-0.4, -0.2) is 25.8 Å². The summed E-state index contributed by atoms with van der Waals surface area (Å²) in [5.41, 5.74) is 3.11. The normalized spacial score (nSPS) is 13.5. The fourth-order valence-electron chi connectivity index (χ4n) is 4.00. The molecule has 2 aromatic rings. The number of allylic oxidation sites excluding steroid dienone is 1. The molecule has 0 heterocycles. The van der Waals surface area contributed by atoms with Gasteiger partial charge in [0.05, 0.1) is 12.6 Å². The Morgan fingerprint density at radius 1 is 1.03 bits per heavy atom. The van der Waals surface area contributed by atoms with Gasteiger partial charge in [-0.15, -0.1) is 0 Å². The van der Waals surface area contributed by atoms with Crippen LogP contribution < -0.4 is 14.4 Å². The van der Waals surface area contributed by atoms with Crippen LogP contribution in [0, 0.1) is 29.6 Å². The molecule has 0 aromatic heterocycles. The topological polar surface area (TPSA) is 69.3 Å². The average Bonchev–Trinajstić information content (AvgIpc) is 2.83. The Morgan fingerprint density at radius 3 is 2.34 bits per heavy atom. The highest BCUT2D eigenvalue weighted by molar-refractivity contribution is 5.66. The standard InChI is InChI=1S/C27H31N3O2/c1-3-30(24-10-9-23(21(2)17-24)18-22(19-28)20-29)15-16-31-25-11-13-27(14-12-25)32-26-7-5-4-6-8-26/h9-14,17-18,26H,3-8,15-16H2,1-2H3. The first-order valence-corrected chi connectivity index (χ1v) is 11.4. The van der Waals surface area contributed by atoms with Crippen LogP contribution in [0.3, 0.4) is 0 Å². The first-order valence-electron chi connectivity index (χ1n) is 11.4. The van der Waals surface area contributed by atoms with Gasteiger partial charge >= 0.3 is 0 Å². The third-order valence-corrected chi connectivity index (χ3v) is 5.85. The maximum absolute atomic E-state index is 8.97. The van der Waals surface area contributed by atoms with Crippen molar-refractivity contribution in [2.45, 2.75) is 52.1 Å². The van der Waals surface area contributed by atoms with E-state index in [1.165, 1.54) is 19.3 Å². The van der Waals surface area contributed by atoms with Gasteiger partial charge in [-0.2, -0.15) is 10.5 Å². The molecular formula is C27H31N3O2. The van der Waals surface area contributed by atoms with Crippen LogP contribution in [0.4, 0.5) is 5.69 Å². The molecule has 5 nitrogen and oxygen atoms in total. The molecule has 0 unspecified atom stereocenters. The molecule has 0 bridgehead atoms. The first-order chi connectivity index (χ1) is 15.6. The molecule has 0 N–H and O–H groups in total. The molecular weight excluding hydrogens is 398 g/mol. The molecule has 1 fully saturated rings. The van der Waals surface area contributed by atoms with Gasteiger partial charge in [0.1, 0.15) is 35.8 Å². The number of hydrogen-bond acceptors (Lipinski definition) is 5. The number of rotatable bonds is 9. The SMILES string of the molecule is CCN(CCOc1ccc(OC2CCCCC2)cc1)c1ccc(C=C(C#N)C#N)c(C)c1. The number of benzene rings is 2. The lowest BCUT2D eigenvalue weighted by molar-refractivity contribution is 0.155. The zero-order valence-electron chi connectivity index (χ0n) is 19.0. The van der Waals surface area contributed by atoms with Gasteiger partial charge in [0.25, 0.3) is 0 Å². The highest BCUT2D eigenvalue weighted by Crippen LogP contribution is 2.25. The van der Waals surface area contributed by atoms with Crippen LogP contribution in [0.2, 0.25) is 0 Å². The predicted octanol–water partition coefficient (Wildman–Crippen LogP) is 6.04. The van der Waals surface area contributed by atoms with E-state index in [-0.39, 0.29) is 5.57 Å². The maximum Gasteiger partial charge on any atom is 0.130 e. The molecule has 0 atom stereocenters. The lowest BCUT2D eigenvalue weighted by atomic mass is 9.98. The molecule has 32 heavy (non-hydrogen) atoms. The van der Waals surface area contributed by atoms with Crippen molar-refractivity contribution >= 4 is 11.8 Å². The fraction of sp³-hybridized carbons (Fsp3) is 0.407. The Morgan fingerprint density at radius 2 is 1.72 bits per heavy atom. The summed E-state index contributed by atoms with van der Waals surface area (Å²) in [5, 5.41) is 17.9. The lowest BCUT2D eigenvalue weighted by Crippen LogP contribution is -2.28. The van der Waals surface area contributed by atoms with Crippen LogP contribution in [0.5, 0.6) is 11.5 Å². The summed E-state index contributed by atoms with van der Waals surface area (Å²) >= 11 is 0. The molecule has 166 valence electrons. The number of nitriles is 2. The monoisotopic (exact) mass is 429 g/mol. The Bertz CT molecular complexity index is 977. The summed E-state index contributed by atoms with van der Waals surface area (Å²) in [6.45, 7) is 6.29. The van der Waals surface area contributed by atoms with E-state index < -0.39 is 0 Å². The van der Waals surface area contributed by atoms with Crippen molar-refractivity contribution in [2.24, 2.45) is 0 Å². The minimum atomic E-state index is 0.108. The summed E-state index contributed by atoms with van der Waals surface area (Å²) in [5.74, 6) is 1.76. The van der Waals surface area contributed by atoms with Crippen molar-refractivity contribution in [1.29, 1.82) is 10.5 Å². The molecule has 0 radical (unpaired) electrons. The highest BCUT2D eigenvalue weighted by atomic mass is 16.5. The van der Waals surface area contributed by atoms with E-state index >= 15 is 0 Å². The van der Waals surface area contributed by atoms with E-state index in [0.29, 0.717) is 12.7 Å². The number of nitrogens with zero attached hydrogens (tertiary/aromatic N) is 3. The molecule has 0 amide bonds. The van der Waals surface area contributed by atoms with E-state index in [9.17, 15) is 0 Å². The number of anilines is 1. The van der Waals surface area contributed by atoms with Crippen LogP contribution in [0.15, 0.2) is 48.0 Å². The molecule has 0 spiro atoms. The third kappa shape index (κ3) is 6.53. The van der Waals surface area contributed by atoms with Gasteiger partial charge in [-0.1, -0.05) is 12.5 Å². The summed E-state index contributed by atoms with van der Waals surface area (Å²) in [6, 6.07) is 17.8. The van der Waals surface area contributed by atoms with Crippen molar-refractivity contribution < 1.29 is 9.47 Å². The quantitative estimate of drug-likeness (QED) is 0.454. The third-order valence-electron chi connectivity index (χ3n) is 5.85. The van der Waals surface area contributed by atoms with E-state index in [2.05, 4.69) is 17.9 Å².